The number of nitro groups is 1. The fourth-order valence-corrected chi connectivity index (χ4v) is 2.93. The van der Waals surface area contributed by atoms with Crippen LogP contribution < -0.4 is 25.2 Å². The molecule has 154 valence electrons. The summed E-state index contributed by atoms with van der Waals surface area (Å²) in [6.45, 7) is 2.41. The number of nitrogens with one attached hydrogen (secondary N) is 1. The maximum Gasteiger partial charge on any atom is 0.349 e. The van der Waals surface area contributed by atoms with Gasteiger partial charge in [-0.25, -0.2) is 4.79 Å². The van der Waals surface area contributed by atoms with Gasteiger partial charge in [-0.3, -0.25) is 14.9 Å². The number of nitro benzene ring substituents is 1. The molecular weight excluding hydrogens is 396 g/mol. The van der Waals surface area contributed by atoms with Crippen LogP contribution in [0.3, 0.4) is 0 Å². The molecule has 1 aliphatic rings. The average molecular weight is 412 g/mol. The van der Waals surface area contributed by atoms with Crippen molar-refractivity contribution in [3.8, 4) is 17.2 Å². The molecule has 0 radical (unpaired) electrons. The molecule has 0 fully saturated rings. The van der Waals surface area contributed by atoms with Gasteiger partial charge in [0.05, 0.1) is 17.6 Å². The lowest BCUT2D eigenvalue weighted by Crippen LogP contribution is -2.21. The number of rotatable bonds is 6. The van der Waals surface area contributed by atoms with Gasteiger partial charge in [-0.05, 0) is 24.6 Å². The van der Waals surface area contributed by atoms with Crippen molar-refractivity contribution >= 4 is 28.3 Å². The van der Waals surface area contributed by atoms with Gasteiger partial charge in [0.25, 0.3) is 11.6 Å². The lowest BCUT2D eigenvalue weighted by atomic mass is 10.1. The van der Waals surface area contributed by atoms with Crippen molar-refractivity contribution in [2.24, 2.45) is 0 Å². The minimum absolute atomic E-state index is 0.0812. The number of benzene rings is 2. The van der Waals surface area contributed by atoms with E-state index in [4.69, 9.17) is 18.6 Å². The molecule has 0 spiro atoms. The summed E-state index contributed by atoms with van der Waals surface area (Å²) >= 11 is 0. The largest absolute Gasteiger partial charge is 0.493 e. The third-order valence-electron chi connectivity index (χ3n) is 4.36. The van der Waals surface area contributed by atoms with Gasteiger partial charge in [0.2, 0.25) is 6.79 Å². The van der Waals surface area contributed by atoms with E-state index in [9.17, 15) is 19.7 Å². The van der Waals surface area contributed by atoms with Gasteiger partial charge in [0.1, 0.15) is 22.6 Å². The average Bonchev–Trinajstić information content (AvgIpc) is 3.18. The van der Waals surface area contributed by atoms with Gasteiger partial charge in [-0.15, -0.1) is 0 Å². The van der Waals surface area contributed by atoms with Gasteiger partial charge in [-0.1, -0.05) is 6.92 Å². The number of amides is 1. The van der Waals surface area contributed by atoms with Gasteiger partial charge in [0, 0.05) is 17.5 Å². The first-order chi connectivity index (χ1) is 14.5. The molecule has 1 aromatic heterocycles. The number of carbonyl (C=O) groups excluding carboxylic acids is 1. The molecule has 0 unspecified atom stereocenters. The number of hydrogen-bond donors (Lipinski definition) is 1. The maximum absolute atomic E-state index is 12.7. The molecule has 0 bridgehead atoms. The molecule has 0 saturated heterocycles. The molecule has 3 aromatic rings. The summed E-state index contributed by atoms with van der Waals surface area (Å²) in [5.74, 6) is 0.145. The highest BCUT2D eigenvalue weighted by atomic mass is 16.7. The number of carbonyl (C=O) groups is 1. The molecule has 1 aliphatic heterocycles. The number of fused-ring (bicyclic) bond motifs is 2. The normalized spacial score (nSPS) is 12.0. The van der Waals surface area contributed by atoms with E-state index in [-0.39, 0.29) is 35.1 Å². The van der Waals surface area contributed by atoms with Crippen LogP contribution in [0, 0.1) is 10.1 Å². The van der Waals surface area contributed by atoms with Crippen LogP contribution in [0.2, 0.25) is 0 Å². The first-order valence-corrected chi connectivity index (χ1v) is 9.06. The summed E-state index contributed by atoms with van der Waals surface area (Å²) in [7, 11) is 0. The van der Waals surface area contributed by atoms with E-state index in [1.165, 1.54) is 12.1 Å². The van der Waals surface area contributed by atoms with Crippen molar-refractivity contribution < 1.29 is 28.3 Å². The minimum atomic E-state index is -0.879. The smallest absolute Gasteiger partial charge is 0.349 e. The summed E-state index contributed by atoms with van der Waals surface area (Å²) in [4.78, 5) is 35.7. The van der Waals surface area contributed by atoms with E-state index in [1.807, 2.05) is 6.92 Å². The number of anilines is 1. The summed E-state index contributed by atoms with van der Waals surface area (Å²) in [5, 5.41) is 14.2. The minimum Gasteiger partial charge on any atom is -0.493 e. The summed E-state index contributed by atoms with van der Waals surface area (Å²) in [6.07, 6.45) is 0.826. The number of hydrogen-bond acceptors (Lipinski definition) is 8. The Hall–Kier alpha value is -4.08. The van der Waals surface area contributed by atoms with Crippen LogP contribution in [0.15, 0.2) is 45.6 Å². The molecule has 1 N–H and O–H groups in total. The SMILES string of the molecule is CCCOc1ccc2cc(C(=O)Nc3cc4c(cc3[N+](=O)[O-])OCO4)c(=O)oc2c1. The molecule has 2 heterocycles. The van der Waals surface area contributed by atoms with Crippen molar-refractivity contribution in [1.29, 1.82) is 0 Å². The Morgan fingerprint density at radius 1 is 1.20 bits per heavy atom. The van der Waals surface area contributed by atoms with E-state index >= 15 is 0 Å². The van der Waals surface area contributed by atoms with Crippen molar-refractivity contribution in [3.63, 3.8) is 0 Å². The highest BCUT2D eigenvalue weighted by Crippen LogP contribution is 2.40. The predicted octanol–water partition coefficient (Wildman–Crippen LogP) is 3.47. The molecule has 2 aromatic carbocycles. The topological polar surface area (TPSA) is 130 Å². The van der Waals surface area contributed by atoms with E-state index < -0.39 is 22.1 Å². The molecule has 0 atom stereocenters. The van der Waals surface area contributed by atoms with Gasteiger partial charge in [-0.2, -0.15) is 0 Å². The number of ether oxygens (including phenoxy) is 3. The Balaban J connectivity index is 1.66. The van der Waals surface area contributed by atoms with Gasteiger partial charge >= 0.3 is 5.63 Å². The Bertz CT molecular complexity index is 1220. The molecule has 1 amide bonds. The van der Waals surface area contributed by atoms with Crippen LogP contribution in [0.5, 0.6) is 17.2 Å². The number of nitrogens with zero attached hydrogens (tertiary/aromatic N) is 1. The fourth-order valence-electron chi connectivity index (χ4n) is 2.93. The van der Waals surface area contributed by atoms with Crippen LogP contribution in [-0.4, -0.2) is 24.2 Å². The van der Waals surface area contributed by atoms with Gasteiger partial charge in [0.15, 0.2) is 11.5 Å². The molecule has 30 heavy (non-hydrogen) atoms. The van der Waals surface area contributed by atoms with Crippen LogP contribution in [0.4, 0.5) is 11.4 Å². The van der Waals surface area contributed by atoms with Crippen molar-refractivity contribution in [1.82, 2.24) is 0 Å². The summed E-state index contributed by atoms with van der Waals surface area (Å²) in [5.41, 5.74) is -1.43. The highest BCUT2D eigenvalue weighted by Gasteiger charge is 2.25. The first kappa shape index (κ1) is 19.2. The Kier molecular flexibility index (Phi) is 4.97. The molecule has 0 saturated carbocycles. The summed E-state index contributed by atoms with van der Waals surface area (Å²) in [6, 6.07) is 8.71. The van der Waals surface area contributed by atoms with Crippen LogP contribution >= 0.6 is 0 Å². The Morgan fingerprint density at radius 2 is 1.97 bits per heavy atom. The third kappa shape index (κ3) is 3.62. The second-order valence-electron chi connectivity index (χ2n) is 6.43. The molecular formula is C20H16N2O8. The maximum atomic E-state index is 12.7. The zero-order valence-corrected chi connectivity index (χ0v) is 15.8. The van der Waals surface area contributed by atoms with Crippen molar-refractivity contribution in [2.75, 3.05) is 18.7 Å². The Labute approximate surface area is 169 Å². The fraction of sp³-hybridized carbons (Fsp3) is 0.200. The highest BCUT2D eigenvalue weighted by molar-refractivity contribution is 6.06. The second-order valence-corrected chi connectivity index (χ2v) is 6.43. The van der Waals surface area contributed by atoms with Crippen LogP contribution in [0.1, 0.15) is 23.7 Å². The predicted molar refractivity (Wildman–Crippen MR) is 105 cm³/mol. The van der Waals surface area contributed by atoms with Crippen LogP contribution in [-0.2, 0) is 0 Å². The third-order valence-corrected chi connectivity index (χ3v) is 4.36. The van der Waals surface area contributed by atoms with E-state index in [0.29, 0.717) is 17.7 Å². The lowest BCUT2D eigenvalue weighted by Gasteiger charge is -2.08. The quantitative estimate of drug-likeness (QED) is 0.370. The van der Waals surface area contributed by atoms with E-state index in [0.717, 1.165) is 12.5 Å². The summed E-state index contributed by atoms with van der Waals surface area (Å²) < 4.78 is 21.1. The van der Waals surface area contributed by atoms with Crippen LogP contribution in [0.25, 0.3) is 11.0 Å². The standard InChI is InChI=1S/C20H16N2O8/c1-2-5-27-12-4-3-11-6-13(20(24)30-16(11)7-12)19(23)21-14-8-17-18(29-10-28-17)9-15(14)22(25)26/h3-4,6-9H,2,5,10H2,1H3,(H,21,23). The lowest BCUT2D eigenvalue weighted by molar-refractivity contribution is -0.384. The van der Waals surface area contributed by atoms with Crippen molar-refractivity contribution in [3.05, 3.63) is 62.5 Å². The van der Waals surface area contributed by atoms with Gasteiger partial charge < -0.3 is 23.9 Å². The van der Waals surface area contributed by atoms with E-state index in [1.54, 1.807) is 18.2 Å². The molecule has 10 nitrogen and oxygen atoms in total. The Morgan fingerprint density at radius 3 is 2.70 bits per heavy atom. The molecule has 4 rings (SSSR count). The molecule has 10 heteroatoms. The van der Waals surface area contributed by atoms with E-state index in [2.05, 4.69) is 5.32 Å². The molecule has 0 aliphatic carbocycles. The second kappa shape index (κ2) is 7.74. The first-order valence-electron chi connectivity index (χ1n) is 9.06. The zero-order chi connectivity index (χ0) is 21.3. The zero-order valence-electron chi connectivity index (χ0n) is 15.8. The monoisotopic (exact) mass is 412 g/mol. The van der Waals surface area contributed by atoms with Crippen molar-refractivity contribution in [2.45, 2.75) is 13.3 Å².